The van der Waals surface area contributed by atoms with Crippen LogP contribution >= 0.6 is 0 Å². The summed E-state index contributed by atoms with van der Waals surface area (Å²) in [5.74, 6) is 1.83. The van der Waals surface area contributed by atoms with E-state index in [2.05, 4.69) is 48.2 Å². The predicted molar refractivity (Wildman–Crippen MR) is 77.8 cm³/mol. The number of hydrogen-bond donors (Lipinski definition) is 2. The second-order valence-corrected chi connectivity index (χ2v) is 6.65. The molecule has 2 rings (SSSR count). The van der Waals surface area contributed by atoms with Crippen LogP contribution in [0.4, 0.5) is 0 Å². The Hall–Kier alpha value is -0.900. The van der Waals surface area contributed by atoms with Crippen LogP contribution in [0.1, 0.15) is 71.7 Å². The summed E-state index contributed by atoms with van der Waals surface area (Å²) in [4.78, 5) is 4.22. The standard InChI is InChI=1S/C15H28N4/c1-5-15(3,4)12-6-8-13(9-7-12)18-11(2)14-16-10-17-19-14/h10-13,18H,5-9H2,1-4H3,(H,16,17,19). The second-order valence-electron chi connectivity index (χ2n) is 6.65. The van der Waals surface area contributed by atoms with E-state index in [0.29, 0.717) is 11.5 Å². The third-order valence-corrected chi connectivity index (χ3v) is 5.07. The molecule has 1 atom stereocenters. The molecule has 0 aliphatic heterocycles. The molecule has 19 heavy (non-hydrogen) atoms. The van der Waals surface area contributed by atoms with Gasteiger partial charge in [0.25, 0.3) is 0 Å². The van der Waals surface area contributed by atoms with E-state index in [1.54, 1.807) is 6.33 Å². The minimum Gasteiger partial charge on any atom is -0.305 e. The van der Waals surface area contributed by atoms with Crippen LogP contribution in [0.3, 0.4) is 0 Å². The van der Waals surface area contributed by atoms with Crippen LogP contribution in [-0.2, 0) is 0 Å². The summed E-state index contributed by atoms with van der Waals surface area (Å²) in [6.45, 7) is 9.31. The van der Waals surface area contributed by atoms with E-state index in [4.69, 9.17) is 0 Å². The molecular weight excluding hydrogens is 236 g/mol. The zero-order valence-electron chi connectivity index (χ0n) is 12.7. The van der Waals surface area contributed by atoms with Gasteiger partial charge in [-0.05, 0) is 43.9 Å². The van der Waals surface area contributed by atoms with Crippen LogP contribution in [-0.4, -0.2) is 21.2 Å². The van der Waals surface area contributed by atoms with Crippen molar-refractivity contribution in [1.29, 1.82) is 0 Å². The molecule has 1 aromatic heterocycles. The van der Waals surface area contributed by atoms with E-state index in [9.17, 15) is 0 Å². The SMILES string of the molecule is CCC(C)(C)C1CCC(NC(C)c2ncn[nH]2)CC1. The number of rotatable bonds is 5. The van der Waals surface area contributed by atoms with Crippen LogP contribution in [0.15, 0.2) is 6.33 Å². The molecule has 1 aliphatic rings. The van der Waals surface area contributed by atoms with Gasteiger partial charge in [0.1, 0.15) is 12.2 Å². The van der Waals surface area contributed by atoms with Crippen LogP contribution in [0.2, 0.25) is 0 Å². The highest BCUT2D eigenvalue weighted by molar-refractivity contribution is 4.92. The molecule has 2 N–H and O–H groups in total. The lowest BCUT2D eigenvalue weighted by Crippen LogP contribution is -2.38. The van der Waals surface area contributed by atoms with E-state index in [0.717, 1.165) is 11.7 Å². The first kappa shape index (κ1) is 14.5. The summed E-state index contributed by atoms with van der Waals surface area (Å²) >= 11 is 0. The van der Waals surface area contributed by atoms with Gasteiger partial charge in [-0.15, -0.1) is 0 Å². The van der Waals surface area contributed by atoms with Crippen molar-refractivity contribution in [2.45, 2.75) is 71.9 Å². The summed E-state index contributed by atoms with van der Waals surface area (Å²) in [5.41, 5.74) is 0.502. The van der Waals surface area contributed by atoms with Crippen molar-refractivity contribution in [3.8, 4) is 0 Å². The minimum absolute atomic E-state index is 0.267. The van der Waals surface area contributed by atoms with Crippen molar-refractivity contribution in [2.75, 3.05) is 0 Å². The fourth-order valence-corrected chi connectivity index (χ4v) is 3.19. The lowest BCUT2D eigenvalue weighted by Gasteiger charge is -2.39. The lowest BCUT2D eigenvalue weighted by atomic mass is 9.69. The average Bonchev–Trinajstić information content (AvgIpc) is 2.93. The molecule has 1 aromatic rings. The Balaban J connectivity index is 1.81. The van der Waals surface area contributed by atoms with E-state index < -0.39 is 0 Å². The molecule has 108 valence electrons. The van der Waals surface area contributed by atoms with Crippen LogP contribution in [0.25, 0.3) is 0 Å². The summed E-state index contributed by atoms with van der Waals surface area (Å²) in [5, 5.41) is 10.5. The number of aromatic amines is 1. The molecule has 1 aliphatic carbocycles. The van der Waals surface area contributed by atoms with Crippen molar-refractivity contribution in [1.82, 2.24) is 20.5 Å². The minimum atomic E-state index is 0.267. The smallest absolute Gasteiger partial charge is 0.141 e. The van der Waals surface area contributed by atoms with Gasteiger partial charge in [-0.1, -0.05) is 27.2 Å². The summed E-state index contributed by atoms with van der Waals surface area (Å²) < 4.78 is 0. The number of nitrogens with one attached hydrogen (secondary N) is 2. The Kier molecular flexibility index (Phi) is 4.61. The van der Waals surface area contributed by atoms with Crippen LogP contribution in [0, 0.1) is 11.3 Å². The highest BCUT2D eigenvalue weighted by Gasteiger charge is 2.32. The molecule has 0 saturated heterocycles. The first-order chi connectivity index (χ1) is 9.03. The van der Waals surface area contributed by atoms with Crippen molar-refractivity contribution >= 4 is 0 Å². The first-order valence-corrected chi connectivity index (χ1v) is 7.64. The lowest BCUT2D eigenvalue weighted by molar-refractivity contribution is 0.134. The Labute approximate surface area is 116 Å². The number of aromatic nitrogens is 3. The van der Waals surface area contributed by atoms with Gasteiger partial charge in [-0.3, -0.25) is 5.10 Å². The third-order valence-electron chi connectivity index (χ3n) is 5.07. The van der Waals surface area contributed by atoms with Gasteiger partial charge >= 0.3 is 0 Å². The monoisotopic (exact) mass is 264 g/mol. The predicted octanol–water partition coefficient (Wildman–Crippen LogP) is 3.45. The molecule has 0 radical (unpaired) electrons. The van der Waals surface area contributed by atoms with Crippen molar-refractivity contribution < 1.29 is 0 Å². The largest absolute Gasteiger partial charge is 0.305 e. The van der Waals surface area contributed by atoms with Crippen molar-refractivity contribution in [2.24, 2.45) is 11.3 Å². The molecule has 0 spiro atoms. The molecule has 1 unspecified atom stereocenters. The highest BCUT2D eigenvalue weighted by atomic mass is 15.2. The molecule has 0 aromatic carbocycles. The molecule has 1 heterocycles. The quantitative estimate of drug-likeness (QED) is 0.856. The number of hydrogen-bond acceptors (Lipinski definition) is 3. The van der Waals surface area contributed by atoms with Crippen molar-refractivity contribution in [3.63, 3.8) is 0 Å². The van der Waals surface area contributed by atoms with Gasteiger partial charge in [-0.2, -0.15) is 5.10 Å². The molecule has 1 fully saturated rings. The van der Waals surface area contributed by atoms with E-state index in [1.807, 2.05) is 0 Å². The molecule has 4 heteroatoms. The molecule has 1 saturated carbocycles. The Morgan fingerprint density at radius 1 is 1.37 bits per heavy atom. The maximum Gasteiger partial charge on any atom is 0.141 e. The van der Waals surface area contributed by atoms with Gasteiger partial charge in [-0.25, -0.2) is 4.98 Å². The Bertz CT molecular complexity index is 364. The van der Waals surface area contributed by atoms with Gasteiger partial charge in [0.2, 0.25) is 0 Å². The number of nitrogens with zero attached hydrogens (tertiary/aromatic N) is 2. The first-order valence-electron chi connectivity index (χ1n) is 7.64. The summed E-state index contributed by atoms with van der Waals surface area (Å²) in [7, 11) is 0. The maximum atomic E-state index is 4.22. The summed E-state index contributed by atoms with van der Waals surface area (Å²) in [6, 6.07) is 0.896. The fraction of sp³-hybridized carbons (Fsp3) is 0.867. The molecular formula is C15H28N4. The highest BCUT2D eigenvalue weighted by Crippen LogP contribution is 2.40. The zero-order valence-corrected chi connectivity index (χ0v) is 12.7. The zero-order chi connectivity index (χ0) is 13.9. The normalized spacial score (nSPS) is 26.3. The topological polar surface area (TPSA) is 53.6 Å². The molecule has 4 nitrogen and oxygen atoms in total. The Morgan fingerprint density at radius 2 is 2.05 bits per heavy atom. The fourth-order valence-electron chi connectivity index (χ4n) is 3.19. The van der Waals surface area contributed by atoms with E-state index in [1.165, 1.54) is 32.1 Å². The Morgan fingerprint density at radius 3 is 2.58 bits per heavy atom. The second kappa shape index (κ2) is 6.04. The molecule has 0 amide bonds. The molecule has 0 bridgehead atoms. The summed E-state index contributed by atoms with van der Waals surface area (Å²) in [6.07, 6.45) is 8.13. The van der Waals surface area contributed by atoms with Gasteiger partial charge in [0.15, 0.2) is 0 Å². The van der Waals surface area contributed by atoms with Crippen molar-refractivity contribution in [3.05, 3.63) is 12.2 Å². The number of H-pyrrole nitrogens is 1. The van der Waals surface area contributed by atoms with Gasteiger partial charge in [0.05, 0.1) is 6.04 Å². The van der Waals surface area contributed by atoms with Gasteiger partial charge < -0.3 is 5.32 Å². The van der Waals surface area contributed by atoms with Gasteiger partial charge in [0, 0.05) is 6.04 Å². The third kappa shape index (κ3) is 3.56. The van der Waals surface area contributed by atoms with Crippen LogP contribution < -0.4 is 5.32 Å². The maximum absolute atomic E-state index is 4.22. The van der Waals surface area contributed by atoms with E-state index in [-0.39, 0.29) is 6.04 Å². The van der Waals surface area contributed by atoms with Crippen LogP contribution in [0.5, 0.6) is 0 Å². The van der Waals surface area contributed by atoms with E-state index >= 15 is 0 Å². The average molecular weight is 264 g/mol.